The average molecular weight is 385 g/mol. The number of hydrogen-bond acceptors (Lipinski definition) is 4. The number of alkyl halides is 4. The summed E-state index contributed by atoms with van der Waals surface area (Å²) in [6.45, 7) is -6.03. The Morgan fingerprint density at radius 1 is 0.963 bits per heavy atom. The Morgan fingerprint density at radius 3 is 2.30 bits per heavy atom. The Labute approximate surface area is 152 Å². The fourth-order valence-corrected chi connectivity index (χ4v) is 2.10. The third-order valence-electron chi connectivity index (χ3n) is 3.19. The zero-order chi connectivity index (χ0) is 19.8. The Bertz CT molecular complexity index is 812. The minimum Gasteiger partial charge on any atom is -0.493 e. The highest BCUT2D eigenvalue weighted by molar-refractivity contribution is 6.02. The highest BCUT2D eigenvalue weighted by Crippen LogP contribution is 2.30. The van der Waals surface area contributed by atoms with E-state index in [2.05, 4.69) is 14.8 Å². The van der Waals surface area contributed by atoms with E-state index >= 15 is 0 Å². The Kier molecular flexibility index (Phi) is 7.04. The van der Waals surface area contributed by atoms with Crippen molar-refractivity contribution in [3.8, 4) is 17.2 Å². The molecule has 0 aliphatic rings. The van der Waals surface area contributed by atoms with Crippen LogP contribution in [-0.4, -0.2) is 26.2 Å². The lowest BCUT2D eigenvalue weighted by Crippen LogP contribution is -2.11. The second-order valence-corrected chi connectivity index (χ2v) is 4.99. The summed E-state index contributed by atoms with van der Waals surface area (Å²) in [7, 11) is 1.29. The number of hydrogen-bond donors (Lipinski definition) is 1. The van der Waals surface area contributed by atoms with E-state index in [-0.39, 0.29) is 22.9 Å². The molecule has 0 atom stereocenters. The van der Waals surface area contributed by atoms with Crippen LogP contribution in [0, 0.1) is 0 Å². The normalized spacial score (nSPS) is 11.1. The number of anilines is 1. The van der Waals surface area contributed by atoms with Crippen LogP contribution in [0.15, 0.2) is 48.5 Å². The van der Waals surface area contributed by atoms with Gasteiger partial charge in [-0.25, -0.2) is 0 Å². The van der Waals surface area contributed by atoms with Crippen molar-refractivity contribution in [3.05, 3.63) is 54.1 Å². The summed E-state index contributed by atoms with van der Waals surface area (Å²) in [5.74, 6) is -0.864. The summed E-state index contributed by atoms with van der Waals surface area (Å²) >= 11 is 0. The molecule has 0 spiro atoms. The van der Waals surface area contributed by atoms with Gasteiger partial charge >= 0.3 is 13.2 Å². The lowest BCUT2D eigenvalue weighted by molar-refractivity contribution is -0.111. The molecule has 0 radical (unpaired) electrons. The zero-order valence-corrected chi connectivity index (χ0v) is 14.0. The molecule has 1 amide bonds. The number of nitrogens with one attached hydrogen (secondary N) is 1. The molecule has 0 bridgehead atoms. The van der Waals surface area contributed by atoms with Gasteiger partial charge in [-0.05, 0) is 35.9 Å². The van der Waals surface area contributed by atoms with Gasteiger partial charge in [0.25, 0.3) is 0 Å². The lowest BCUT2D eigenvalue weighted by atomic mass is 10.2. The molecule has 9 heteroatoms. The van der Waals surface area contributed by atoms with Crippen LogP contribution in [-0.2, 0) is 4.79 Å². The summed E-state index contributed by atoms with van der Waals surface area (Å²) < 4.78 is 62.9. The Hall–Kier alpha value is -3.23. The molecule has 0 unspecified atom stereocenters. The maximum absolute atomic E-state index is 12.4. The molecule has 0 fully saturated rings. The number of halogens is 4. The van der Waals surface area contributed by atoms with Gasteiger partial charge in [-0.1, -0.05) is 18.2 Å². The molecule has 144 valence electrons. The first-order valence-electron chi connectivity index (χ1n) is 7.55. The number of carbonyl (C=O) groups is 1. The van der Waals surface area contributed by atoms with Crippen molar-refractivity contribution in [1.82, 2.24) is 0 Å². The Balaban J connectivity index is 2.09. The zero-order valence-electron chi connectivity index (χ0n) is 14.0. The van der Waals surface area contributed by atoms with Crippen LogP contribution >= 0.6 is 0 Å². The molecule has 0 saturated carbocycles. The predicted molar refractivity (Wildman–Crippen MR) is 90.4 cm³/mol. The van der Waals surface area contributed by atoms with Crippen molar-refractivity contribution in [3.63, 3.8) is 0 Å². The summed E-state index contributed by atoms with van der Waals surface area (Å²) in [4.78, 5) is 12.0. The number of methoxy groups -OCH3 is 1. The first-order valence-corrected chi connectivity index (χ1v) is 7.55. The fourth-order valence-electron chi connectivity index (χ4n) is 2.10. The van der Waals surface area contributed by atoms with E-state index < -0.39 is 19.1 Å². The van der Waals surface area contributed by atoms with Gasteiger partial charge < -0.3 is 19.5 Å². The summed E-state index contributed by atoms with van der Waals surface area (Å²) in [5, 5.41) is 2.41. The Morgan fingerprint density at radius 2 is 1.63 bits per heavy atom. The number of ether oxygens (including phenoxy) is 3. The monoisotopic (exact) mass is 385 g/mol. The fraction of sp³-hybridized carbons (Fsp3) is 0.167. The van der Waals surface area contributed by atoms with E-state index in [1.807, 2.05) is 0 Å². The van der Waals surface area contributed by atoms with Crippen molar-refractivity contribution in [2.75, 3.05) is 12.4 Å². The molecule has 27 heavy (non-hydrogen) atoms. The molecule has 2 rings (SSSR count). The van der Waals surface area contributed by atoms with Gasteiger partial charge in [0.1, 0.15) is 5.75 Å². The molecule has 1 N–H and O–H groups in total. The second-order valence-electron chi connectivity index (χ2n) is 4.99. The van der Waals surface area contributed by atoms with Gasteiger partial charge in [0.05, 0.1) is 12.8 Å². The van der Waals surface area contributed by atoms with Crippen molar-refractivity contribution in [2.24, 2.45) is 0 Å². The van der Waals surface area contributed by atoms with Gasteiger partial charge in [0.15, 0.2) is 11.5 Å². The molecule has 0 aliphatic heterocycles. The number of rotatable bonds is 8. The van der Waals surface area contributed by atoms with Crippen LogP contribution in [0.25, 0.3) is 6.08 Å². The second kappa shape index (κ2) is 9.46. The van der Waals surface area contributed by atoms with E-state index in [1.165, 1.54) is 49.6 Å². The molecular formula is C18H15F4NO4. The molecule has 5 nitrogen and oxygen atoms in total. The molecule has 0 saturated heterocycles. The van der Waals surface area contributed by atoms with E-state index in [1.54, 1.807) is 6.07 Å². The number of para-hydroxylation sites is 2. The van der Waals surface area contributed by atoms with Gasteiger partial charge in [-0.2, -0.15) is 17.6 Å². The van der Waals surface area contributed by atoms with Crippen molar-refractivity contribution < 1.29 is 36.6 Å². The van der Waals surface area contributed by atoms with Crippen LogP contribution in [0.2, 0.25) is 0 Å². The topological polar surface area (TPSA) is 56.8 Å². The smallest absolute Gasteiger partial charge is 0.387 e. The molecule has 2 aromatic carbocycles. The largest absolute Gasteiger partial charge is 0.493 e. The van der Waals surface area contributed by atoms with Crippen LogP contribution in [0.1, 0.15) is 5.56 Å². The maximum atomic E-state index is 12.4. The van der Waals surface area contributed by atoms with Gasteiger partial charge in [0.2, 0.25) is 5.91 Å². The third kappa shape index (κ3) is 6.21. The summed E-state index contributed by atoms with van der Waals surface area (Å²) in [6.07, 6.45) is 2.53. The molecule has 2 aromatic rings. The predicted octanol–water partition coefficient (Wildman–Crippen LogP) is 4.55. The van der Waals surface area contributed by atoms with Gasteiger partial charge in [0, 0.05) is 6.08 Å². The van der Waals surface area contributed by atoms with Crippen LogP contribution in [0.4, 0.5) is 23.2 Å². The minimum atomic E-state index is -3.03. The number of carbonyl (C=O) groups excluding carboxylic acids is 1. The molecular weight excluding hydrogens is 370 g/mol. The number of benzene rings is 2. The summed E-state index contributed by atoms with van der Waals surface area (Å²) in [5.41, 5.74) is 0.548. The highest BCUT2D eigenvalue weighted by Gasteiger charge is 2.12. The van der Waals surface area contributed by atoms with Gasteiger partial charge in [-0.3, -0.25) is 4.79 Å². The van der Waals surface area contributed by atoms with E-state index in [4.69, 9.17) is 4.74 Å². The van der Waals surface area contributed by atoms with E-state index in [0.29, 0.717) is 5.56 Å². The SMILES string of the molecule is COc1cc(/C=C/C(=O)Nc2ccccc2OC(F)F)ccc1OC(F)F. The highest BCUT2D eigenvalue weighted by atomic mass is 19.3. The van der Waals surface area contributed by atoms with Gasteiger partial charge in [-0.15, -0.1) is 0 Å². The lowest BCUT2D eigenvalue weighted by Gasteiger charge is -2.11. The standard InChI is InChI=1S/C18H15F4NO4/c1-25-15-10-11(6-8-14(15)27-18(21)22)7-9-16(24)23-12-4-2-3-5-13(12)26-17(19)20/h2-10,17-18H,1H3,(H,23,24)/b9-7+. The van der Waals surface area contributed by atoms with Crippen molar-refractivity contribution in [2.45, 2.75) is 13.2 Å². The first-order chi connectivity index (χ1) is 12.9. The molecule has 0 aliphatic carbocycles. The minimum absolute atomic E-state index is 0.0635. The van der Waals surface area contributed by atoms with E-state index in [9.17, 15) is 22.4 Å². The quantitative estimate of drug-likeness (QED) is 0.535. The first kappa shape index (κ1) is 20.1. The number of amides is 1. The third-order valence-corrected chi connectivity index (χ3v) is 3.19. The maximum Gasteiger partial charge on any atom is 0.387 e. The van der Waals surface area contributed by atoms with Crippen LogP contribution < -0.4 is 19.5 Å². The van der Waals surface area contributed by atoms with Crippen LogP contribution in [0.5, 0.6) is 17.2 Å². The van der Waals surface area contributed by atoms with Crippen LogP contribution in [0.3, 0.4) is 0 Å². The average Bonchev–Trinajstić information content (AvgIpc) is 2.61. The van der Waals surface area contributed by atoms with Crippen molar-refractivity contribution in [1.29, 1.82) is 0 Å². The van der Waals surface area contributed by atoms with E-state index in [0.717, 1.165) is 6.08 Å². The summed E-state index contributed by atoms with van der Waals surface area (Å²) in [6, 6.07) is 9.84. The molecule has 0 heterocycles. The molecule has 0 aromatic heterocycles. The van der Waals surface area contributed by atoms with Crippen molar-refractivity contribution >= 4 is 17.7 Å².